The van der Waals surface area contributed by atoms with Crippen LogP contribution in [0.1, 0.15) is 18.9 Å². The highest BCUT2D eigenvalue weighted by Gasteiger charge is 2.21. The Balaban J connectivity index is 2.06. The van der Waals surface area contributed by atoms with Gasteiger partial charge in [-0.25, -0.2) is 0 Å². The van der Waals surface area contributed by atoms with E-state index < -0.39 is 0 Å². The van der Waals surface area contributed by atoms with Gasteiger partial charge in [0, 0.05) is 24.8 Å². The Morgan fingerprint density at radius 2 is 2.33 bits per heavy atom. The standard InChI is InChI=1S/C14H21NO3/c1-3-18-13-6-4-5-11(14(13)16)9-15(2)12-7-8-17-10-12/h4-6,12,16H,3,7-10H2,1-2H3. The Morgan fingerprint density at radius 1 is 1.50 bits per heavy atom. The van der Waals surface area contributed by atoms with Crippen LogP contribution < -0.4 is 4.74 Å². The summed E-state index contributed by atoms with van der Waals surface area (Å²) < 4.78 is 10.8. The van der Waals surface area contributed by atoms with Crippen molar-refractivity contribution in [3.05, 3.63) is 23.8 Å². The number of aromatic hydroxyl groups is 1. The van der Waals surface area contributed by atoms with E-state index in [-0.39, 0.29) is 5.75 Å². The minimum Gasteiger partial charge on any atom is -0.504 e. The molecular weight excluding hydrogens is 230 g/mol. The van der Waals surface area contributed by atoms with E-state index in [4.69, 9.17) is 9.47 Å². The zero-order valence-corrected chi connectivity index (χ0v) is 11.1. The molecule has 0 amide bonds. The van der Waals surface area contributed by atoms with Gasteiger partial charge >= 0.3 is 0 Å². The smallest absolute Gasteiger partial charge is 0.162 e. The second kappa shape index (κ2) is 6.07. The van der Waals surface area contributed by atoms with Crippen LogP contribution in [0.15, 0.2) is 18.2 Å². The van der Waals surface area contributed by atoms with Crippen LogP contribution in [0.3, 0.4) is 0 Å². The lowest BCUT2D eigenvalue weighted by molar-refractivity contribution is 0.155. The highest BCUT2D eigenvalue weighted by Crippen LogP contribution is 2.31. The summed E-state index contributed by atoms with van der Waals surface area (Å²) in [5.74, 6) is 0.816. The molecule has 1 aliphatic rings. The number of hydrogen-bond donors (Lipinski definition) is 1. The normalized spacial score (nSPS) is 19.4. The quantitative estimate of drug-likeness (QED) is 0.869. The number of rotatable bonds is 5. The van der Waals surface area contributed by atoms with Gasteiger partial charge < -0.3 is 14.6 Å². The van der Waals surface area contributed by atoms with Crippen LogP contribution in [0.25, 0.3) is 0 Å². The largest absolute Gasteiger partial charge is 0.504 e. The number of hydrogen-bond acceptors (Lipinski definition) is 4. The van der Waals surface area contributed by atoms with Gasteiger partial charge in [0.1, 0.15) is 0 Å². The molecule has 100 valence electrons. The molecule has 0 radical (unpaired) electrons. The van der Waals surface area contributed by atoms with E-state index in [9.17, 15) is 5.11 Å². The van der Waals surface area contributed by atoms with Crippen LogP contribution in [0.4, 0.5) is 0 Å². The summed E-state index contributed by atoms with van der Waals surface area (Å²) in [5, 5.41) is 10.1. The van der Waals surface area contributed by atoms with Crippen molar-refractivity contribution in [3.63, 3.8) is 0 Å². The minimum absolute atomic E-state index is 0.255. The first-order valence-electron chi connectivity index (χ1n) is 6.44. The van der Waals surface area contributed by atoms with E-state index in [1.807, 2.05) is 19.1 Å². The van der Waals surface area contributed by atoms with E-state index in [0.29, 0.717) is 24.9 Å². The number of nitrogens with zero attached hydrogens (tertiary/aromatic N) is 1. The number of para-hydroxylation sites is 1. The Morgan fingerprint density at radius 3 is 3.00 bits per heavy atom. The third-order valence-electron chi connectivity index (χ3n) is 3.33. The Hall–Kier alpha value is -1.26. The molecule has 0 saturated carbocycles. The molecule has 1 N–H and O–H groups in total. The molecule has 1 aromatic rings. The maximum Gasteiger partial charge on any atom is 0.162 e. The molecular formula is C14H21NO3. The maximum absolute atomic E-state index is 10.1. The van der Waals surface area contributed by atoms with Crippen LogP contribution >= 0.6 is 0 Å². The fraction of sp³-hybridized carbons (Fsp3) is 0.571. The lowest BCUT2D eigenvalue weighted by Crippen LogP contribution is -2.31. The Kier molecular flexibility index (Phi) is 4.44. The van der Waals surface area contributed by atoms with Gasteiger partial charge in [-0.05, 0) is 26.5 Å². The lowest BCUT2D eigenvalue weighted by Gasteiger charge is -2.23. The van der Waals surface area contributed by atoms with Gasteiger partial charge in [0.15, 0.2) is 11.5 Å². The molecule has 1 aliphatic heterocycles. The van der Waals surface area contributed by atoms with Crippen LogP contribution in [-0.4, -0.2) is 42.9 Å². The van der Waals surface area contributed by atoms with Crippen LogP contribution in [0.2, 0.25) is 0 Å². The fourth-order valence-corrected chi connectivity index (χ4v) is 2.23. The number of benzene rings is 1. The summed E-state index contributed by atoms with van der Waals surface area (Å²) >= 11 is 0. The number of phenolic OH excluding ortho intramolecular Hbond substituents is 1. The first-order chi connectivity index (χ1) is 8.72. The number of ether oxygens (including phenoxy) is 2. The van der Waals surface area contributed by atoms with E-state index in [1.54, 1.807) is 6.07 Å². The predicted octanol–water partition coefficient (Wildman–Crippen LogP) is 2.01. The van der Waals surface area contributed by atoms with Gasteiger partial charge in [-0.3, -0.25) is 4.90 Å². The molecule has 2 rings (SSSR count). The van der Waals surface area contributed by atoms with E-state index in [1.165, 1.54) is 0 Å². The molecule has 1 aromatic carbocycles. The average Bonchev–Trinajstić information content (AvgIpc) is 2.88. The Bertz CT molecular complexity index is 389. The Labute approximate surface area is 108 Å². The molecule has 4 heteroatoms. The third-order valence-corrected chi connectivity index (χ3v) is 3.33. The van der Waals surface area contributed by atoms with Crippen molar-refractivity contribution >= 4 is 0 Å². The molecule has 1 unspecified atom stereocenters. The summed E-state index contributed by atoms with van der Waals surface area (Å²) in [6.07, 6.45) is 1.06. The minimum atomic E-state index is 0.255. The summed E-state index contributed by atoms with van der Waals surface area (Å²) in [4.78, 5) is 2.22. The van der Waals surface area contributed by atoms with Gasteiger partial charge in [-0.1, -0.05) is 12.1 Å². The third kappa shape index (κ3) is 2.94. The van der Waals surface area contributed by atoms with Crippen molar-refractivity contribution in [2.24, 2.45) is 0 Å². The van der Waals surface area contributed by atoms with E-state index in [2.05, 4.69) is 11.9 Å². The summed E-state index contributed by atoms with van der Waals surface area (Å²) in [5.41, 5.74) is 0.898. The van der Waals surface area contributed by atoms with Crippen LogP contribution in [0.5, 0.6) is 11.5 Å². The van der Waals surface area contributed by atoms with Crippen LogP contribution in [0, 0.1) is 0 Å². The maximum atomic E-state index is 10.1. The first kappa shape index (κ1) is 13.2. The number of phenols is 1. The monoisotopic (exact) mass is 251 g/mol. The molecule has 0 aliphatic carbocycles. The highest BCUT2D eigenvalue weighted by molar-refractivity contribution is 5.45. The van der Waals surface area contributed by atoms with Gasteiger partial charge in [0.25, 0.3) is 0 Å². The molecule has 1 fully saturated rings. The van der Waals surface area contributed by atoms with Crippen molar-refractivity contribution in [3.8, 4) is 11.5 Å². The second-order valence-corrected chi connectivity index (χ2v) is 4.63. The molecule has 1 atom stereocenters. The highest BCUT2D eigenvalue weighted by atomic mass is 16.5. The predicted molar refractivity (Wildman–Crippen MR) is 70.0 cm³/mol. The first-order valence-corrected chi connectivity index (χ1v) is 6.44. The molecule has 0 spiro atoms. The SMILES string of the molecule is CCOc1cccc(CN(C)C2CCOC2)c1O. The van der Waals surface area contributed by atoms with Gasteiger partial charge in [-0.15, -0.1) is 0 Å². The molecule has 4 nitrogen and oxygen atoms in total. The lowest BCUT2D eigenvalue weighted by atomic mass is 10.1. The van der Waals surface area contributed by atoms with Crippen molar-refractivity contribution in [2.45, 2.75) is 25.9 Å². The van der Waals surface area contributed by atoms with Crippen molar-refractivity contribution in [2.75, 3.05) is 26.9 Å². The van der Waals surface area contributed by atoms with E-state index >= 15 is 0 Å². The molecule has 0 aromatic heterocycles. The molecule has 0 bridgehead atoms. The zero-order valence-electron chi connectivity index (χ0n) is 11.1. The summed E-state index contributed by atoms with van der Waals surface area (Å²) in [6.45, 7) is 4.79. The van der Waals surface area contributed by atoms with Gasteiger partial charge in [0.05, 0.1) is 13.2 Å². The van der Waals surface area contributed by atoms with E-state index in [0.717, 1.165) is 25.2 Å². The van der Waals surface area contributed by atoms with Gasteiger partial charge in [0.2, 0.25) is 0 Å². The molecule has 1 heterocycles. The average molecular weight is 251 g/mol. The molecule has 1 saturated heterocycles. The van der Waals surface area contributed by atoms with Crippen molar-refractivity contribution in [1.82, 2.24) is 4.90 Å². The fourth-order valence-electron chi connectivity index (χ4n) is 2.23. The second-order valence-electron chi connectivity index (χ2n) is 4.63. The summed E-state index contributed by atoms with van der Waals surface area (Å²) in [6, 6.07) is 6.09. The van der Waals surface area contributed by atoms with Crippen molar-refractivity contribution in [1.29, 1.82) is 0 Å². The zero-order chi connectivity index (χ0) is 13.0. The van der Waals surface area contributed by atoms with Crippen LogP contribution in [-0.2, 0) is 11.3 Å². The van der Waals surface area contributed by atoms with Gasteiger partial charge in [-0.2, -0.15) is 0 Å². The topological polar surface area (TPSA) is 41.9 Å². The summed E-state index contributed by atoms with van der Waals surface area (Å²) in [7, 11) is 2.06. The van der Waals surface area contributed by atoms with Crippen molar-refractivity contribution < 1.29 is 14.6 Å². The molecule has 18 heavy (non-hydrogen) atoms. The number of likely N-dealkylation sites (N-methyl/N-ethyl adjacent to an activating group) is 1.